The lowest BCUT2D eigenvalue weighted by atomic mass is 10.1. The molecule has 0 radical (unpaired) electrons. The maximum atomic E-state index is 12.7. The van der Waals surface area contributed by atoms with Gasteiger partial charge in [-0.25, -0.2) is 10.1 Å². The molecule has 0 aliphatic carbocycles. The summed E-state index contributed by atoms with van der Waals surface area (Å²) in [5, 5.41) is 9.20. The number of carbonyl (C=O) groups excluding carboxylic acids is 1. The van der Waals surface area contributed by atoms with E-state index in [2.05, 4.69) is 15.6 Å². The van der Waals surface area contributed by atoms with E-state index in [1.165, 1.54) is 7.05 Å². The van der Waals surface area contributed by atoms with Crippen LogP contribution >= 0.6 is 0 Å². The number of benzene rings is 2. The van der Waals surface area contributed by atoms with Crippen LogP contribution in [0, 0.1) is 6.92 Å². The highest BCUT2D eigenvalue weighted by atomic mass is 16.5. The molecular formula is C20H20N4O3. The summed E-state index contributed by atoms with van der Waals surface area (Å²) in [5.74, 6) is 0.176. The van der Waals surface area contributed by atoms with Crippen LogP contribution < -0.4 is 15.7 Å². The van der Waals surface area contributed by atoms with E-state index in [1.807, 2.05) is 25.1 Å². The first-order chi connectivity index (χ1) is 12.9. The molecule has 0 fully saturated rings. The molecule has 0 atom stereocenters. The molecule has 0 bridgehead atoms. The van der Waals surface area contributed by atoms with Crippen molar-refractivity contribution in [3.05, 3.63) is 69.6 Å². The summed E-state index contributed by atoms with van der Waals surface area (Å²) in [5.41, 5.74) is 4.84. The minimum atomic E-state index is -0.493. The fourth-order valence-electron chi connectivity index (χ4n) is 2.82. The van der Waals surface area contributed by atoms with E-state index in [1.54, 1.807) is 38.3 Å². The number of hydrazone groups is 1. The van der Waals surface area contributed by atoms with Crippen molar-refractivity contribution in [3.8, 4) is 5.75 Å². The molecule has 138 valence electrons. The molecule has 0 spiro atoms. The number of nitrogens with zero attached hydrogens (tertiary/aromatic N) is 3. The van der Waals surface area contributed by atoms with Gasteiger partial charge in [-0.1, -0.05) is 29.8 Å². The van der Waals surface area contributed by atoms with Crippen molar-refractivity contribution in [2.75, 3.05) is 7.11 Å². The lowest BCUT2D eigenvalue weighted by Gasteiger charge is -2.10. The summed E-state index contributed by atoms with van der Waals surface area (Å²) in [4.78, 5) is 24.8. The zero-order valence-corrected chi connectivity index (χ0v) is 15.6. The zero-order chi connectivity index (χ0) is 19.6. The van der Waals surface area contributed by atoms with Gasteiger partial charge in [0.25, 0.3) is 11.5 Å². The average Bonchev–Trinajstić information content (AvgIpc) is 2.68. The number of nitrogens with one attached hydrogen (secondary N) is 1. The number of fused-ring (bicyclic) bond motifs is 1. The zero-order valence-electron chi connectivity index (χ0n) is 15.6. The molecule has 1 heterocycles. The van der Waals surface area contributed by atoms with Gasteiger partial charge >= 0.3 is 0 Å². The van der Waals surface area contributed by atoms with Crippen LogP contribution in [0.15, 0.2) is 52.4 Å². The first-order valence-electron chi connectivity index (χ1n) is 8.38. The van der Waals surface area contributed by atoms with Gasteiger partial charge in [0, 0.05) is 18.0 Å². The third-order valence-electron chi connectivity index (χ3n) is 4.24. The lowest BCUT2D eigenvalue weighted by molar-refractivity contribution is 0.0949. The molecule has 3 rings (SSSR count). The van der Waals surface area contributed by atoms with E-state index >= 15 is 0 Å². The van der Waals surface area contributed by atoms with Gasteiger partial charge in [0.15, 0.2) is 5.69 Å². The minimum Gasteiger partial charge on any atom is -0.496 e. The topological polar surface area (TPSA) is 85.6 Å². The molecule has 0 aliphatic rings. The van der Waals surface area contributed by atoms with Crippen LogP contribution in [0.25, 0.3) is 10.8 Å². The number of carbonyl (C=O) groups is 1. The van der Waals surface area contributed by atoms with Gasteiger partial charge in [0.05, 0.1) is 18.2 Å². The van der Waals surface area contributed by atoms with E-state index in [9.17, 15) is 9.59 Å². The molecule has 1 aromatic heterocycles. The Bertz CT molecular complexity index is 1120. The Hall–Kier alpha value is -3.48. The Kier molecular flexibility index (Phi) is 5.03. The highest BCUT2D eigenvalue weighted by Gasteiger charge is 2.15. The fourth-order valence-corrected chi connectivity index (χ4v) is 2.82. The van der Waals surface area contributed by atoms with Crippen molar-refractivity contribution in [3.63, 3.8) is 0 Å². The highest BCUT2D eigenvalue weighted by molar-refractivity contribution is 6.06. The number of amides is 1. The quantitative estimate of drug-likeness (QED) is 0.569. The predicted molar refractivity (Wildman–Crippen MR) is 104 cm³/mol. The van der Waals surface area contributed by atoms with Gasteiger partial charge in [-0.2, -0.15) is 10.2 Å². The van der Waals surface area contributed by atoms with Crippen molar-refractivity contribution in [2.24, 2.45) is 12.1 Å². The number of ether oxygens (including phenoxy) is 1. The predicted octanol–water partition coefficient (Wildman–Crippen LogP) is 2.40. The molecule has 0 aliphatic heterocycles. The summed E-state index contributed by atoms with van der Waals surface area (Å²) >= 11 is 0. The van der Waals surface area contributed by atoms with Crippen LogP contribution in [0.1, 0.15) is 28.5 Å². The van der Waals surface area contributed by atoms with Gasteiger partial charge in [-0.3, -0.25) is 9.59 Å². The fraction of sp³-hybridized carbons (Fsp3) is 0.200. The van der Waals surface area contributed by atoms with Crippen LogP contribution in [0.4, 0.5) is 0 Å². The number of hydrogen-bond acceptors (Lipinski definition) is 5. The molecular weight excluding hydrogens is 344 g/mol. The monoisotopic (exact) mass is 364 g/mol. The summed E-state index contributed by atoms with van der Waals surface area (Å²) in [6.07, 6.45) is 0. The third kappa shape index (κ3) is 3.57. The van der Waals surface area contributed by atoms with Gasteiger partial charge in [-0.15, -0.1) is 0 Å². The van der Waals surface area contributed by atoms with E-state index in [0.29, 0.717) is 22.2 Å². The molecule has 7 heteroatoms. The number of hydrogen-bond donors (Lipinski definition) is 1. The van der Waals surface area contributed by atoms with E-state index in [4.69, 9.17) is 4.74 Å². The molecule has 0 unspecified atom stereocenters. The van der Waals surface area contributed by atoms with E-state index < -0.39 is 5.91 Å². The van der Waals surface area contributed by atoms with Crippen molar-refractivity contribution < 1.29 is 9.53 Å². The molecule has 7 nitrogen and oxygen atoms in total. The Labute approximate surface area is 156 Å². The first kappa shape index (κ1) is 18.3. The normalized spacial score (nSPS) is 11.5. The molecule has 27 heavy (non-hydrogen) atoms. The summed E-state index contributed by atoms with van der Waals surface area (Å²) in [6, 6.07) is 12.6. The SMILES string of the molecule is COc1ccc(C)cc1/C(C)=N\NC(=O)c1nn(C)c(=O)c2ccccc12. The standard InChI is InChI=1S/C20H20N4O3/c1-12-9-10-17(27-4)16(11-12)13(2)21-22-19(25)18-14-7-5-6-8-15(14)20(26)24(3)23-18/h5-11H,1-4H3,(H,22,25)/b21-13-. The lowest BCUT2D eigenvalue weighted by Crippen LogP contribution is -2.27. The first-order valence-corrected chi connectivity index (χ1v) is 8.38. The van der Waals surface area contributed by atoms with Crippen molar-refractivity contribution in [1.82, 2.24) is 15.2 Å². The maximum absolute atomic E-state index is 12.7. The molecule has 1 amide bonds. The molecule has 0 saturated carbocycles. The number of aryl methyl sites for hydroxylation is 2. The Morgan fingerprint density at radius 3 is 2.59 bits per heavy atom. The molecule has 3 aromatic rings. The van der Waals surface area contributed by atoms with Crippen molar-refractivity contribution in [1.29, 1.82) is 0 Å². The number of rotatable bonds is 4. The molecule has 2 aromatic carbocycles. The minimum absolute atomic E-state index is 0.139. The Morgan fingerprint density at radius 1 is 1.19 bits per heavy atom. The van der Waals surface area contributed by atoms with Gasteiger partial charge in [0.2, 0.25) is 0 Å². The largest absolute Gasteiger partial charge is 0.496 e. The van der Waals surface area contributed by atoms with E-state index in [0.717, 1.165) is 15.8 Å². The maximum Gasteiger partial charge on any atom is 0.292 e. The summed E-state index contributed by atoms with van der Waals surface area (Å²) < 4.78 is 6.51. The van der Waals surface area contributed by atoms with Crippen LogP contribution in [-0.2, 0) is 7.05 Å². The second-order valence-electron chi connectivity index (χ2n) is 6.16. The second-order valence-corrected chi connectivity index (χ2v) is 6.16. The average molecular weight is 364 g/mol. The number of methoxy groups -OCH3 is 1. The van der Waals surface area contributed by atoms with Gasteiger partial charge in [0.1, 0.15) is 5.75 Å². The van der Waals surface area contributed by atoms with Crippen LogP contribution in [-0.4, -0.2) is 28.5 Å². The smallest absolute Gasteiger partial charge is 0.292 e. The third-order valence-corrected chi connectivity index (χ3v) is 4.24. The summed E-state index contributed by atoms with van der Waals surface area (Å²) in [7, 11) is 3.10. The summed E-state index contributed by atoms with van der Waals surface area (Å²) in [6.45, 7) is 3.75. The van der Waals surface area contributed by atoms with Crippen molar-refractivity contribution in [2.45, 2.75) is 13.8 Å². The number of aromatic nitrogens is 2. The van der Waals surface area contributed by atoms with Gasteiger partial charge < -0.3 is 4.74 Å². The van der Waals surface area contributed by atoms with Crippen LogP contribution in [0.5, 0.6) is 5.75 Å². The molecule has 0 saturated heterocycles. The molecule has 1 N–H and O–H groups in total. The Morgan fingerprint density at radius 2 is 1.89 bits per heavy atom. The second kappa shape index (κ2) is 7.41. The van der Waals surface area contributed by atoms with Gasteiger partial charge in [-0.05, 0) is 32.0 Å². The van der Waals surface area contributed by atoms with Crippen molar-refractivity contribution >= 4 is 22.4 Å². The highest BCUT2D eigenvalue weighted by Crippen LogP contribution is 2.20. The van der Waals surface area contributed by atoms with Crippen LogP contribution in [0.3, 0.4) is 0 Å². The van der Waals surface area contributed by atoms with Crippen LogP contribution in [0.2, 0.25) is 0 Å². The van der Waals surface area contributed by atoms with E-state index in [-0.39, 0.29) is 11.3 Å². The Balaban J connectivity index is 1.96.